The molecule has 134 valence electrons. The maximum absolute atomic E-state index is 12.1. The lowest BCUT2D eigenvalue weighted by Crippen LogP contribution is -2.09. The zero-order valence-corrected chi connectivity index (χ0v) is 15.6. The van der Waals surface area contributed by atoms with Crippen LogP contribution in [0.4, 0.5) is 0 Å². The van der Waals surface area contributed by atoms with Crippen LogP contribution in [-0.4, -0.2) is 0 Å². The Bertz CT molecular complexity index is 931. The summed E-state index contributed by atoms with van der Waals surface area (Å²) in [4.78, 5) is 12.1. The standard InChI is InChI=1S/C19H13Cl3O4/c20-13-6-15(21)19(16(22)7-13)26-10-14-8-17(23)18(11-24-14)25-9-12-4-2-1-3-5-12/h1-8,11H,9-10H2. The molecular weight excluding hydrogens is 399 g/mol. The summed E-state index contributed by atoms with van der Waals surface area (Å²) in [7, 11) is 0. The van der Waals surface area contributed by atoms with Gasteiger partial charge in [0.15, 0.2) is 5.75 Å². The van der Waals surface area contributed by atoms with E-state index in [-0.39, 0.29) is 40.2 Å². The van der Waals surface area contributed by atoms with Crippen LogP contribution in [0, 0.1) is 0 Å². The molecule has 0 bridgehead atoms. The Morgan fingerprint density at radius 2 is 1.58 bits per heavy atom. The lowest BCUT2D eigenvalue weighted by atomic mass is 10.2. The quantitative estimate of drug-likeness (QED) is 0.517. The molecule has 7 heteroatoms. The van der Waals surface area contributed by atoms with Crippen molar-refractivity contribution < 1.29 is 13.9 Å². The number of halogens is 3. The molecule has 0 unspecified atom stereocenters. The van der Waals surface area contributed by atoms with Crippen molar-refractivity contribution in [3.63, 3.8) is 0 Å². The molecule has 3 rings (SSSR count). The summed E-state index contributed by atoms with van der Waals surface area (Å²) in [6, 6.07) is 13.8. The van der Waals surface area contributed by atoms with Crippen LogP contribution < -0.4 is 14.9 Å². The number of benzene rings is 2. The van der Waals surface area contributed by atoms with Crippen LogP contribution >= 0.6 is 34.8 Å². The lowest BCUT2D eigenvalue weighted by molar-refractivity contribution is 0.254. The molecule has 2 aromatic carbocycles. The van der Waals surface area contributed by atoms with Gasteiger partial charge in [-0.25, -0.2) is 0 Å². The van der Waals surface area contributed by atoms with Crippen LogP contribution in [0.25, 0.3) is 0 Å². The van der Waals surface area contributed by atoms with Gasteiger partial charge in [-0.15, -0.1) is 0 Å². The predicted molar refractivity (Wildman–Crippen MR) is 102 cm³/mol. The molecule has 0 spiro atoms. The van der Waals surface area contributed by atoms with Gasteiger partial charge in [0.25, 0.3) is 0 Å². The zero-order valence-electron chi connectivity index (χ0n) is 13.4. The molecule has 3 aromatic rings. The van der Waals surface area contributed by atoms with Crippen molar-refractivity contribution in [1.82, 2.24) is 0 Å². The largest absolute Gasteiger partial charge is 0.483 e. The molecule has 0 N–H and O–H groups in total. The van der Waals surface area contributed by atoms with Gasteiger partial charge in [-0.2, -0.15) is 0 Å². The highest BCUT2D eigenvalue weighted by molar-refractivity contribution is 6.40. The van der Waals surface area contributed by atoms with Crippen LogP contribution in [0.5, 0.6) is 11.5 Å². The van der Waals surface area contributed by atoms with Gasteiger partial charge in [-0.3, -0.25) is 4.79 Å². The number of ether oxygens (including phenoxy) is 2. The summed E-state index contributed by atoms with van der Waals surface area (Å²) in [5.74, 6) is 0.703. The first-order chi connectivity index (χ1) is 12.5. The first kappa shape index (κ1) is 18.6. The fraction of sp³-hybridized carbons (Fsp3) is 0.105. The van der Waals surface area contributed by atoms with Crippen molar-refractivity contribution >= 4 is 34.8 Å². The second-order valence-electron chi connectivity index (χ2n) is 5.34. The Labute approximate surface area is 164 Å². The van der Waals surface area contributed by atoms with Gasteiger partial charge < -0.3 is 13.9 Å². The molecule has 0 saturated carbocycles. The molecule has 0 aliphatic heterocycles. The summed E-state index contributed by atoms with van der Waals surface area (Å²) < 4.78 is 16.4. The van der Waals surface area contributed by atoms with Gasteiger partial charge in [0, 0.05) is 11.1 Å². The molecule has 0 atom stereocenters. The fourth-order valence-corrected chi connectivity index (χ4v) is 3.09. The molecule has 0 aliphatic rings. The Kier molecular flexibility index (Phi) is 6.09. The van der Waals surface area contributed by atoms with E-state index >= 15 is 0 Å². The number of hydrogen-bond acceptors (Lipinski definition) is 4. The van der Waals surface area contributed by atoms with E-state index in [2.05, 4.69) is 0 Å². The minimum atomic E-state index is -0.306. The summed E-state index contributed by atoms with van der Waals surface area (Å²) in [6.45, 7) is 0.257. The van der Waals surface area contributed by atoms with Crippen molar-refractivity contribution in [3.8, 4) is 11.5 Å². The Morgan fingerprint density at radius 3 is 2.23 bits per heavy atom. The first-order valence-corrected chi connectivity index (χ1v) is 8.72. The van der Waals surface area contributed by atoms with Gasteiger partial charge in [-0.1, -0.05) is 65.1 Å². The van der Waals surface area contributed by atoms with Crippen molar-refractivity contribution in [1.29, 1.82) is 0 Å². The Hall–Kier alpha value is -2.14. The fourth-order valence-electron chi connectivity index (χ4n) is 2.16. The van der Waals surface area contributed by atoms with Crippen molar-refractivity contribution in [2.75, 3.05) is 0 Å². The van der Waals surface area contributed by atoms with E-state index in [1.807, 2.05) is 30.3 Å². The van der Waals surface area contributed by atoms with Gasteiger partial charge in [0.1, 0.15) is 25.2 Å². The highest BCUT2D eigenvalue weighted by Gasteiger charge is 2.11. The minimum Gasteiger partial charge on any atom is -0.483 e. The Balaban J connectivity index is 1.65. The predicted octanol–water partition coefficient (Wildman–Crippen LogP) is 5.76. The van der Waals surface area contributed by atoms with Crippen molar-refractivity contribution in [2.24, 2.45) is 0 Å². The van der Waals surface area contributed by atoms with Gasteiger partial charge in [0.05, 0.1) is 10.0 Å². The molecule has 0 amide bonds. The topological polar surface area (TPSA) is 48.7 Å². The minimum absolute atomic E-state index is 0.0186. The average Bonchev–Trinajstić information content (AvgIpc) is 2.61. The summed E-state index contributed by atoms with van der Waals surface area (Å²) in [5, 5.41) is 0.944. The highest BCUT2D eigenvalue weighted by atomic mass is 35.5. The van der Waals surface area contributed by atoms with Crippen LogP contribution in [-0.2, 0) is 13.2 Å². The summed E-state index contributed by atoms with van der Waals surface area (Å²) in [6.07, 6.45) is 1.26. The third-order valence-electron chi connectivity index (χ3n) is 3.41. The maximum atomic E-state index is 12.1. The van der Waals surface area contributed by atoms with E-state index in [0.717, 1.165) is 5.56 Å². The van der Waals surface area contributed by atoms with Gasteiger partial charge >= 0.3 is 0 Å². The second-order valence-corrected chi connectivity index (χ2v) is 6.59. The molecule has 0 radical (unpaired) electrons. The smallest absolute Gasteiger partial charge is 0.227 e. The van der Waals surface area contributed by atoms with E-state index < -0.39 is 0 Å². The van der Waals surface area contributed by atoms with Gasteiger partial charge in [-0.05, 0) is 17.7 Å². The number of rotatable bonds is 6. The molecule has 0 fully saturated rings. The van der Waals surface area contributed by atoms with E-state index in [0.29, 0.717) is 10.8 Å². The lowest BCUT2D eigenvalue weighted by Gasteiger charge is -2.10. The van der Waals surface area contributed by atoms with E-state index in [1.165, 1.54) is 24.5 Å². The van der Waals surface area contributed by atoms with E-state index in [9.17, 15) is 4.79 Å². The Morgan fingerprint density at radius 1 is 0.885 bits per heavy atom. The summed E-state index contributed by atoms with van der Waals surface area (Å²) in [5.41, 5.74) is 0.644. The normalized spacial score (nSPS) is 10.6. The SMILES string of the molecule is O=c1cc(COc2c(Cl)cc(Cl)cc2Cl)occ1OCc1ccccc1. The molecule has 0 aliphatic carbocycles. The molecule has 26 heavy (non-hydrogen) atoms. The van der Waals surface area contributed by atoms with Crippen LogP contribution in [0.1, 0.15) is 11.3 Å². The van der Waals surface area contributed by atoms with E-state index in [4.69, 9.17) is 48.7 Å². The van der Waals surface area contributed by atoms with Crippen LogP contribution in [0.2, 0.25) is 15.1 Å². The second kappa shape index (κ2) is 8.49. The number of hydrogen-bond donors (Lipinski definition) is 0. The van der Waals surface area contributed by atoms with Crippen molar-refractivity contribution in [3.05, 3.63) is 91.4 Å². The average molecular weight is 412 g/mol. The molecule has 1 aromatic heterocycles. The monoisotopic (exact) mass is 410 g/mol. The third kappa shape index (κ3) is 4.73. The molecule has 4 nitrogen and oxygen atoms in total. The van der Waals surface area contributed by atoms with Crippen LogP contribution in [0.3, 0.4) is 0 Å². The molecule has 1 heterocycles. The van der Waals surface area contributed by atoms with E-state index in [1.54, 1.807) is 0 Å². The first-order valence-electron chi connectivity index (χ1n) is 7.59. The third-order valence-corrected chi connectivity index (χ3v) is 4.19. The maximum Gasteiger partial charge on any atom is 0.227 e. The van der Waals surface area contributed by atoms with Crippen LogP contribution in [0.15, 0.2) is 64.0 Å². The highest BCUT2D eigenvalue weighted by Crippen LogP contribution is 2.36. The van der Waals surface area contributed by atoms with Crippen molar-refractivity contribution in [2.45, 2.75) is 13.2 Å². The molecular formula is C19H13Cl3O4. The molecule has 0 saturated heterocycles. The van der Waals surface area contributed by atoms with Gasteiger partial charge in [0.2, 0.25) is 11.2 Å². The zero-order chi connectivity index (χ0) is 18.5. The summed E-state index contributed by atoms with van der Waals surface area (Å²) >= 11 is 18.0.